The summed E-state index contributed by atoms with van der Waals surface area (Å²) in [6.45, 7) is 0. The van der Waals surface area contributed by atoms with Gasteiger partial charge in [-0.15, -0.1) is 13.2 Å². The van der Waals surface area contributed by atoms with E-state index < -0.39 is 29.9 Å². The number of nitrogens with zero attached hydrogens (tertiary/aromatic N) is 1. The Morgan fingerprint density at radius 2 is 1.94 bits per heavy atom. The molecule has 1 rings (SSSR count). The van der Waals surface area contributed by atoms with E-state index in [9.17, 15) is 22.0 Å². The molecule has 0 aliphatic rings. The Labute approximate surface area is 101 Å². The number of pyridine rings is 1. The third-order valence-electron chi connectivity index (χ3n) is 1.63. The van der Waals surface area contributed by atoms with Crippen molar-refractivity contribution in [3.63, 3.8) is 0 Å². The summed E-state index contributed by atoms with van der Waals surface area (Å²) < 4.78 is 68.9. The van der Waals surface area contributed by atoms with E-state index in [1.165, 1.54) is 0 Å². The second-order valence-corrected chi connectivity index (χ2v) is 3.46. The van der Waals surface area contributed by atoms with Gasteiger partial charge in [0.2, 0.25) is 0 Å². The highest BCUT2D eigenvalue weighted by Gasteiger charge is 2.34. The molecule has 0 aliphatic carbocycles. The largest absolute Gasteiger partial charge is 0.573 e. The Hall–Kier alpha value is -1.12. The predicted octanol–water partition coefficient (Wildman–Crippen LogP) is 3.69. The molecule has 0 amide bonds. The van der Waals surface area contributed by atoms with Crippen LogP contribution in [0.15, 0.2) is 10.8 Å². The van der Waals surface area contributed by atoms with E-state index >= 15 is 0 Å². The van der Waals surface area contributed by atoms with Crippen molar-refractivity contribution in [2.24, 2.45) is 0 Å². The maximum atomic E-state index is 12.6. The first-order valence-electron chi connectivity index (χ1n) is 4.02. The van der Waals surface area contributed by atoms with Gasteiger partial charge in [-0.25, -0.2) is 13.8 Å². The monoisotopic (exact) mass is 321 g/mol. The SMILES string of the molecule is COc1c(OC(F)(F)F)cnc(Br)c1C(F)F. The van der Waals surface area contributed by atoms with Crippen LogP contribution >= 0.6 is 15.9 Å². The molecule has 0 spiro atoms. The minimum atomic E-state index is -5.01. The van der Waals surface area contributed by atoms with Gasteiger partial charge < -0.3 is 9.47 Å². The molecule has 0 saturated heterocycles. The average molecular weight is 322 g/mol. The minimum absolute atomic E-state index is 0.307. The lowest BCUT2D eigenvalue weighted by Crippen LogP contribution is -2.18. The maximum Gasteiger partial charge on any atom is 0.573 e. The van der Waals surface area contributed by atoms with Gasteiger partial charge in [0.15, 0.2) is 11.5 Å². The Morgan fingerprint density at radius 3 is 2.35 bits per heavy atom. The summed E-state index contributed by atoms with van der Waals surface area (Å²) in [5, 5.41) is 0. The van der Waals surface area contributed by atoms with E-state index in [4.69, 9.17) is 0 Å². The number of alkyl halides is 5. The molecule has 0 unspecified atom stereocenters. The molecule has 1 heterocycles. The Bertz CT molecular complexity index is 410. The topological polar surface area (TPSA) is 31.4 Å². The molecule has 1 aromatic heterocycles. The molecular formula is C8H5BrF5NO2. The zero-order chi connectivity index (χ0) is 13.2. The molecule has 0 N–H and O–H groups in total. The summed E-state index contributed by atoms with van der Waals surface area (Å²) in [6, 6.07) is 0. The summed E-state index contributed by atoms with van der Waals surface area (Å²) in [6.07, 6.45) is -7.42. The van der Waals surface area contributed by atoms with E-state index in [0.717, 1.165) is 7.11 Å². The predicted molar refractivity (Wildman–Crippen MR) is 50.1 cm³/mol. The lowest BCUT2D eigenvalue weighted by Gasteiger charge is -2.15. The summed E-state index contributed by atoms with van der Waals surface area (Å²) in [5.41, 5.74) is -0.797. The highest BCUT2D eigenvalue weighted by molar-refractivity contribution is 9.10. The van der Waals surface area contributed by atoms with Crippen LogP contribution in [0.5, 0.6) is 11.5 Å². The molecular weight excluding hydrogens is 317 g/mol. The second-order valence-electron chi connectivity index (χ2n) is 2.71. The number of halogens is 6. The number of rotatable bonds is 3. The fourth-order valence-electron chi connectivity index (χ4n) is 1.07. The van der Waals surface area contributed by atoms with Crippen LogP contribution in [0.1, 0.15) is 12.0 Å². The van der Waals surface area contributed by atoms with Crippen LogP contribution in [-0.2, 0) is 0 Å². The van der Waals surface area contributed by atoms with Gasteiger partial charge in [0.25, 0.3) is 6.43 Å². The standard InChI is InChI=1S/C8H5BrF5NO2/c1-16-5-3(17-8(12,13)14)2-15-6(9)4(5)7(10)11/h2,7H,1H3. The van der Waals surface area contributed by atoms with Gasteiger partial charge >= 0.3 is 6.36 Å². The van der Waals surface area contributed by atoms with Gasteiger partial charge in [-0.05, 0) is 15.9 Å². The van der Waals surface area contributed by atoms with Crippen molar-refractivity contribution in [3.05, 3.63) is 16.4 Å². The van der Waals surface area contributed by atoms with Gasteiger partial charge in [-0.1, -0.05) is 0 Å². The molecule has 96 valence electrons. The highest BCUT2D eigenvalue weighted by atomic mass is 79.9. The molecule has 0 atom stereocenters. The van der Waals surface area contributed by atoms with Crippen molar-refractivity contribution in [1.82, 2.24) is 4.98 Å². The first-order chi connectivity index (χ1) is 7.76. The van der Waals surface area contributed by atoms with Gasteiger partial charge in [-0.3, -0.25) is 0 Å². The lowest BCUT2D eigenvalue weighted by atomic mass is 10.2. The third kappa shape index (κ3) is 3.42. The van der Waals surface area contributed by atoms with Gasteiger partial charge in [0, 0.05) is 0 Å². The van der Waals surface area contributed by atoms with Crippen LogP contribution in [0.2, 0.25) is 0 Å². The van der Waals surface area contributed by atoms with Crippen molar-refractivity contribution in [2.75, 3.05) is 7.11 Å². The maximum absolute atomic E-state index is 12.6. The molecule has 0 radical (unpaired) electrons. The Morgan fingerprint density at radius 1 is 1.35 bits per heavy atom. The smallest absolute Gasteiger partial charge is 0.492 e. The molecule has 9 heteroatoms. The van der Waals surface area contributed by atoms with Crippen LogP contribution < -0.4 is 9.47 Å². The van der Waals surface area contributed by atoms with E-state index in [-0.39, 0.29) is 4.60 Å². The van der Waals surface area contributed by atoms with E-state index in [0.29, 0.717) is 6.20 Å². The van der Waals surface area contributed by atoms with Gasteiger partial charge in [0.05, 0.1) is 18.9 Å². The van der Waals surface area contributed by atoms with Crippen LogP contribution in [0.3, 0.4) is 0 Å². The van der Waals surface area contributed by atoms with Crippen molar-refractivity contribution < 1.29 is 31.4 Å². The zero-order valence-corrected chi connectivity index (χ0v) is 9.77. The molecule has 1 aromatic rings. The quantitative estimate of drug-likeness (QED) is 0.628. The first-order valence-corrected chi connectivity index (χ1v) is 4.82. The van der Waals surface area contributed by atoms with Crippen LogP contribution in [0.4, 0.5) is 22.0 Å². The van der Waals surface area contributed by atoms with Crippen molar-refractivity contribution in [1.29, 1.82) is 0 Å². The highest BCUT2D eigenvalue weighted by Crippen LogP contribution is 2.41. The van der Waals surface area contributed by atoms with E-state index in [1.54, 1.807) is 0 Å². The number of methoxy groups -OCH3 is 1. The van der Waals surface area contributed by atoms with Crippen molar-refractivity contribution >= 4 is 15.9 Å². The summed E-state index contributed by atoms with van der Waals surface area (Å²) >= 11 is 2.69. The first kappa shape index (κ1) is 13.9. The van der Waals surface area contributed by atoms with E-state index in [1.807, 2.05) is 0 Å². The fourth-order valence-corrected chi connectivity index (χ4v) is 1.52. The van der Waals surface area contributed by atoms with Crippen LogP contribution in [0.25, 0.3) is 0 Å². The number of aromatic nitrogens is 1. The number of hydrogen-bond acceptors (Lipinski definition) is 3. The van der Waals surface area contributed by atoms with Crippen molar-refractivity contribution in [3.8, 4) is 11.5 Å². The Kier molecular flexibility index (Phi) is 4.12. The second kappa shape index (κ2) is 5.03. The van der Waals surface area contributed by atoms with Crippen molar-refractivity contribution in [2.45, 2.75) is 12.8 Å². The number of ether oxygens (including phenoxy) is 2. The molecule has 0 aromatic carbocycles. The summed E-state index contributed by atoms with van der Waals surface area (Å²) in [7, 11) is 0.955. The molecule has 17 heavy (non-hydrogen) atoms. The zero-order valence-electron chi connectivity index (χ0n) is 8.19. The number of hydrogen-bond donors (Lipinski definition) is 0. The molecule has 0 aliphatic heterocycles. The van der Waals surface area contributed by atoms with Gasteiger partial charge in [0.1, 0.15) is 4.60 Å². The third-order valence-corrected chi connectivity index (χ3v) is 2.27. The normalized spacial score (nSPS) is 11.8. The van der Waals surface area contributed by atoms with Gasteiger partial charge in [-0.2, -0.15) is 0 Å². The molecule has 0 saturated carbocycles. The Balaban J connectivity index is 3.28. The minimum Gasteiger partial charge on any atom is -0.492 e. The van der Waals surface area contributed by atoms with Crippen LogP contribution in [-0.4, -0.2) is 18.5 Å². The van der Waals surface area contributed by atoms with E-state index in [2.05, 4.69) is 30.4 Å². The average Bonchev–Trinajstić information content (AvgIpc) is 2.17. The summed E-state index contributed by atoms with van der Waals surface area (Å²) in [4.78, 5) is 3.32. The lowest BCUT2D eigenvalue weighted by molar-refractivity contribution is -0.275. The fraction of sp³-hybridized carbons (Fsp3) is 0.375. The molecule has 0 bridgehead atoms. The van der Waals surface area contributed by atoms with Crippen LogP contribution in [0, 0.1) is 0 Å². The molecule has 3 nitrogen and oxygen atoms in total. The molecule has 0 fully saturated rings. The summed E-state index contributed by atoms with van der Waals surface area (Å²) in [5.74, 6) is -1.63.